The third-order valence-electron chi connectivity index (χ3n) is 5.49. The van der Waals surface area contributed by atoms with Crippen molar-refractivity contribution in [2.24, 2.45) is 0 Å². The number of carbonyl (C=O) groups is 3. The first-order valence-electron chi connectivity index (χ1n) is 12.0. The van der Waals surface area contributed by atoms with Gasteiger partial charge in [-0.25, -0.2) is 17.6 Å². The molecule has 4 aromatic rings. The first-order chi connectivity index (χ1) is 19.6. The molecule has 3 N–H and O–H groups in total. The number of furan rings is 1. The van der Waals surface area contributed by atoms with Crippen LogP contribution in [0.4, 0.5) is 28.9 Å². The number of halogens is 4. The van der Waals surface area contributed by atoms with Crippen molar-refractivity contribution in [3.05, 3.63) is 119 Å². The van der Waals surface area contributed by atoms with Gasteiger partial charge in [-0.15, -0.1) is 11.8 Å². The van der Waals surface area contributed by atoms with E-state index in [-0.39, 0.29) is 11.8 Å². The average molecular weight is 584 g/mol. The van der Waals surface area contributed by atoms with Crippen LogP contribution in [0.1, 0.15) is 23.0 Å². The van der Waals surface area contributed by atoms with Crippen LogP contribution in [0.3, 0.4) is 0 Å². The Hall–Kier alpha value is -4.84. The van der Waals surface area contributed by atoms with Crippen molar-refractivity contribution in [2.75, 3.05) is 10.6 Å². The Balaban J connectivity index is 1.46. The fraction of sp³-hybridized carbons (Fsp3) is 0.0690. The van der Waals surface area contributed by atoms with Gasteiger partial charge in [0.25, 0.3) is 11.8 Å². The standard InChI is InChI=1S/C29H21F4N3O4S/c1-16(27(37)36-26-24(32)21(30)15-22(31)25(26)33)41-20-11-5-9-18(13-20)34-29(39)23(14-19-10-6-12-40-19)35-28(38)17-7-3-2-4-8-17/h2-16H,1H3,(H,34,39)(H,35,38)(H,36,37)/b23-14-. The van der Waals surface area contributed by atoms with E-state index in [0.717, 1.165) is 11.8 Å². The highest BCUT2D eigenvalue weighted by Crippen LogP contribution is 2.29. The van der Waals surface area contributed by atoms with Gasteiger partial charge < -0.3 is 20.4 Å². The van der Waals surface area contributed by atoms with Crippen LogP contribution >= 0.6 is 11.8 Å². The van der Waals surface area contributed by atoms with Crippen LogP contribution in [0.5, 0.6) is 0 Å². The highest BCUT2D eigenvalue weighted by atomic mass is 32.2. The summed E-state index contributed by atoms with van der Waals surface area (Å²) in [4.78, 5) is 38.8. The Morgan fingerprint density at radius 2 is 1.56 bits per heavy atom. The summed E-state index contributed by atoms with van der Waals surface area (Å²) in [6.07, 6.45) is 2.76. The van der Waals surface area contributed by atoms with Crippen molar-refractivity contribution in [3.8, 4) is 0 Å². The lowest BCUT2D eigenvalue weighted by atomic mass is 10.2. The second kappa shape index (κ2) is 13.0. The highest BCUT2D eigenvalue weighted by molar-refractivity contribution is 8.00. The van der Waals surface area contributed by atoms with Crippen molar-refractivity contribution in [2.45, 2.75) is 17.1 Å². The molecule has 1 heterocycles. The number of anilines is 2. The SMILES string of the molecule is CC(Sc1cccc(NC(=O)/C(=C/c2ccco2)NC(=O)c2ccccc2)c1)C(=O)Nc1c(F)c(F)cc(F)c1F. The van der Waals surface area contributed by atoms with Crippen LogP contribution < -0.4 is 16.0 Å². The van der Waals surface area contributed by atoms with Crippen molar-refractivity contribution >= 4 is 46.9 Å². The van der Waals surface area contributed by atoms with Gasteiger partial charge in [-0.2, -0.15) is 0 Å². The number of hydrogen-bond acceptors (Lipinski definition) is 5. The Labute approximate surface area is 235 Å². The topological polar surface area (TPSA) is 100 Å². The van der Waals surface area contributed by atoms with E-state index in [4.69, 9.17) is 4.42 Å². The summed E-state index contributed by atoms with van der Waals surface area (Å²) in [6, 6.07) is 17.8. The molecule has 1 unspecified atom stereocenters. The molecule has 12 heteroatoms. The maximum absolute atomic E-state index is 13.9. The Bertz CT molecular complexity index is 1590. The Morgan fingerprint density at radius 1 is 0.854 bits per heavy atom. The quantitative estimate of drug-likeness (QED) is 0.0921. The molecule has 0 aliphatic heterocycles. The minimum absolute atomic E-state index is 0.0423. The van der Waals surface area contributed by atoms with E-state index < -0.39 is 51.9 Å². The molecule has 7 nitrogen and oxygen atoms in total. The zero-order valence-electron chi connectivity index (χ0n) is 21.2. The molecule has 1 aromatic heterocycles. The first kappa shape index (κ1) is 29.2. The predicted molar refractivity (Wildman–Crippen MR) is 146 cm³/mol. The van der Waals surface area contributed by atoms with Gasteiger partial charge in [0.2, 0.25) is 5.91 Å². The molecule has 3 aromatic carbocycles. The van der Waals surface area contributed by atoms with Crippen LogP contribution in [0.2, 0.25) is 0 Å². The minimum atomic E-state index is -1.73. The maximum Gasteiger partial charge on any atom is 0.272 e. The van der Waals surface area contributed by atoms with Gasteiger partial charge in [0.1, 0.15) is 17.1 Å². The second-order valence-electron chi connectivity index (χ2n) is 8.47. The smallest absolute Gasteiger partial charge is 0.272 e. The molecule has 0 aliphatic rings. The molecule has 3 amide bonds. The van der Waals surface area contributed by atoms with Gasteiger partial charge >= 0.3 is 0 Å². The highest BCUT2D eigenvalue weighted by Gasteiger charge is 2.24. The van der Waals surface area contributed by atoms with E-state index in [1.165, 1.54) is 25.3 Å². The number of thioether (sulfide) groups is 1. The summed E-state index contributed by atoms with van der Waals surface area (Å²) in [5.41, 5.74) is -0.700. The van der Waals surface area contributed by atoms with Gasteiger partial charge in [-0.3, -0.25) is 14.4 Å². The molecule has 4 rings (SSSR count). The zero-order valence-corrected chi connectivity index (χ0v) is 22.0. The minimum Gasteiger partial charge on any atom is -0.465 e. The summed E-state index contributed by atoms with van der Waals surface area (Å²) < 4.78 is 60.1. The second-order valence-corrected chi connectivity index (χ2v) is 9.88. The maximum atomic E-state index is 13.9. The molecule has 0 bridgehead atoms. The van der Waals surface area contributed by atoms with Crippen LogP contribution in [-0.4, -0.2) is 23.0 Å². The average Bonchev–Trinajstić information content (AvgIpc) is 3.47. The Morgan fingerprint density at radius 3 is 2.22 bits per heavy atom. The van der Waals surface area contributed by atoms with Gasteiger partial charge in [0.05, 0.1) is 11.5 Å². The van der Waals surface area contributed by atoms with E-state index in [9.17, 15) is 31.9 Å². The molecule has 0 saturated heterocycles. The normalized spacial score (nSPS) is 12.0. The fourth-order valence-corrected chi connectivity index (χ4v) is 4.40. The van der Waals surface area contributed by atoms with Gasteiger partial charge in [-0.05, 0) is 49.4 Å². The summed E-state index contributed by atoms with van der Waals surface area (Å²) in [7, 11) is 0. The molecule has 0 fully saturated rings. The molecule has 210 valence electrons. The van der Waals surface area contributed by atoms with Gasteiger partial charge in [0.15, 0.2) is 23.3 Å². The summed E-state index contributed by atoms with van der Waals surface area (Å²) in [5.74, 6) is -8.54. The predicted octanol–water partition coefficient (Wildman–Crippen LogP) is 6.36. The molecule has 41 heavy (non-hydrogen) atoms. The van der Waals surface area contributed by atoms with Gasteiger partial charge in [0, 0.05) is 28.3 Å². The number of benzene rings is 3. The lowest BCUT2D eigenvalue weighted by Gasteiger charge is -2.15. The third kappa shape index (κ3) is 7.42. The molecule has 0 radical (unpaired) electrons. The van der Waals surface area contributed by atoms with Gasteiger partial charge in [-0.1, -0.05) is 24.3 Å². The van der Waals surface area contributed by atoms with Crippen molar-refractivity contribution in [1.82, 2.24) is 5.32 Å². The Kier molecular flexibility index (Phi) is 9.25. The summed E-state index contributed by atoms with van der Waals surface area (Å²) >= 11 is 0.957. The molecular weight excluding hydrogens is 562 g/mol. The van der Waals surface area contributed by atoms with Crippen LogP contribution in [0.25, 0.3) is 6.08 Å². The number of hydrogen-bond donors (Lipinski definition) is 3. The number of carbonyl (C=O) groups excluding carboxylic acids is 3. The lowest BCUT2D eigenvalue weighted by molar-refractivity contribution is -0.115. The van der Waals surface area contributed by atoms with E-state index in [2.05, 4.69) is 10.6 Å². The van der Waals surface area contributed by atoms with Crippen molar-refractivity contribution in [1.29, 1.82) is 0 Å². The molecule has 0 aliphatic carbocycles. The molecular formula is C29H21F4N3O4S. The lowest BCUT2D eigenvalue weighted by Crippen LogP contribution is -2.30. The number of rotatable bonds is 9. The molecule has 1 atom stereocenters. The van der Waals surface area contributed by atoms with E-state index in [1.54, 1.807) is 60.7 Å². The monoisotopic (exact) mass is 583 g/mol. The van der Waals surface area contributed by atoms with E-state index in [0.29, 0.717) is 21.9 Å². The van der Waals surface area contributed by atoms with Crippen LogP contribution in [0, 0.1) is 23.3 Å². The largest absolute Gasteiger partial charge is 0.465 e. The molecule has 0 spiro atoms. The zero-order chi connectivity index (χ0) is 29.5. The van der Waals surface area contributed by atoms with Crippen LogP contribution in [0.15, 0.2) is 94.1 Å². The third-order valence-corrected chi connectivity index (χ3v) is 6.59. The van der Waals surface area contributed by atoms with Crippen molar-refractivity contribution in [3.63, 3.8) is 0 Å². The van der Waals surface area contributed by atoms with Crippen molar-refractivity contribution < 1.29 is 36.4 Å². The van der Waals surface area contributed by atoms with E-state index in [1.807, 2.05) is 5.32 Å². The number of amides is 3. The number of nitrogens with one attached hydrogen (secondary N) is 3. The van der Waals surface area contributed by atoms with E-state index >= 15 is 0 Å². The fourth-order valence-electron chi connectivity index (χ4n) is 3.47. The molecule has 0 saturated carbocycles. The summed E-state index contributed by atoms with van der Waals surface area (Å²) in [5, 5.41) is 6.14. The first-order valence-corrected chi connectivity index (χ1v) is 12.8. The van der Waals surface area contributed by atoms with Crippen LogP contribution in [-0.2, 0) is 9.59 Å². The summed E-state index contributed by atoms with van der Waals surface area (Å²) in [6.45, 7) is 1.42.